The Balaban J connectivity index is 1.27. The lowest BCUT2D eigenvalue weighted by molar-refractivity contribution is 0.102. The zero-order valence-electron chi connectivity index (χ0n) is 19.0. The topological polar surface area (TPSA) is 102 Å². The van der Waals surface area contributed by atoms with E-state index in [4.69, 9.17) is 0 Å². The van der Waals surface area contributed by atoms with Crippen LogP contribution >= 0.6 is 0 Å². The van der Waals surface area contributed by atoms with E-state index in [1.54, 1.807) is 12.1 Å². The molecule has 0 aliphatic carbocycles. The fraction of sp³-hybridized carbons (Fsp3) is 0.304. The second-order valence-corrected chi connectivity index (χ2v) is 10.6. The SMILES string of the molecule is CN1CCN(c2ccc(C(=O)Nc3n[nH]c4c3CN(S(=O)(=O)c3ccc(F)c(F)c3)C4)cc2)CC1. The van der Waals surface area contributed by atoms with E-state index in [2.05, 4.69) is 32.4 Å². The molecule has 1 aromatic heterocycles. The van der Waals surface area contributed by atoms with Crippen LogP contribution in [0, 0.1) is 11.6 Å². The van der Waals surface area contributed by atoms with Gasteiger partial charge >= 0.3 is 0 Å². The molecule has 35 heavy (non-hydrogen) atoms. The number of halogens is 2. The molecule has 0 bridgehead atoms. The Labute approximate surface area is 201 Å². The lowest BCUT2D eigenvalue weighted by atomic mass is 10.1. The van der Waals surface area contributed by atoms with Gasteiger partial charge in [0.05, 0.1) is 17.1 Å². The number of rotatable bonds is 5. The summed E-state index contributed by atoms with van der Waals surface area (Å²) in [5, 5.41) is 9.61. The number of piperazine rings is 1. The summed E-state index contributed by atoms with van der Waals surface area (Å²) in [6.07, 6.45) is 0. The highest BCUT2D eigenvalue weighted by Gasteiger charge is 2.34. The number of benzene rings is 2. The van der Waals surface area contributed by atoms with Crippen molar-refractivity contribution in [3.8, 4) is 0 Å². The third-order valence-corrected chi connectivity index (χ3v) is 8.17. The maximum Gasteiger partial charge on any atom is 0.256 e. The second-order valence-electron chi connectivity index (χ2n) is 8.67. The summed E-state index contributed by atoms with van der Waals surface area (Å²) in [5.41, 5.74) is 2.55. The van der Waals surface area contributed by atoms with Crippen LogP contribution in [0.3, 0.4) is 0 Å². The van der Waals surface area contributed by atoms with Gasteiger partial charge in [0.15, 0.2) is 17.5 Å². The zero-order valence-corrected chi connectivity index (χ0v) is 19.8. The number of anilines is 2. The average molecular weight is 503 g/mol. The molecule has 12 heteroatoms. The predicted molar refractivity (Wildman–Crippen MR) is 125 cm³/mol. The minimum Gasteiger partial charge on any atom is -0.369 e. The molecule has 0 atom stereocenters. The van der Waals surface area contributed by atoms with E-state index in [9.17, 15) is 22.0 Å². The first-order valence-electron chi connectivity index (χ1n) is 11.1. The molecule has 2 N–H and O–H groups in total. The number of amides is 1. The van der Waals surface area contributed by atoms with E-state index in [-0.39, 0.29) is 29.7 Å². The van der Waals surface area contributed by atoms with Crippen LogP contribution in [0.15, 0.2) is 47.4 Å². The minimum atomic E-state index is -4.07. The van der Waals surface area contributed by atoms with E-state index in [1.807, 2.05) is 12.1 Å². The molecule has 3 heterocycles. The van der Waals surface area contributed by atoms with Gasteiger partial charge in [-0.05, 0) is 49.5 Å². The third-order valence-electron chi connectivity index (χ3n) is 6.38. The van der Waals surface area contributed by atoms with Crippen molar-refractivity contribution in [1.29, 1.82) is 0 Å². The molecule has 1 amide bonds. The van der Waals surface area contributed by atoms with E-state index in [0.717, 1.165) is 48.3 Å². The van der Waals surface area contributed by atoms with Crippen LogP contribution in [0.1, 0.15) is 21.6 Å². The fourth-order valence-electron chi connectivity index (χ4n) is 4.24. The van der Waals surface area contributed by atoms with Crippen LogP contribution < -0.4 is 10.2 Å². The number of nitrogens with zero attached hydrogens (tertiary/aromatic N) is 4. The van der Waals surface area contributed by atoms with Crippen molar-refractivity contribution in [2.45, 2.75) is 18.0 Å². The number of H-pyrrole nitrogens is 1. The van der Waals surface area contributed by atoms with Crippen molar-refractivity contribution < 1.29 is 22.0 Å². The largest absolute Gasteiger partial charge is 0.369 e. The summed E-state index contributed by atoms with van der Waals surface area (Å²) in [4.78, 5) is 17.0. The Bertz CT molecular complexity index is 1370. The highest BCUT2D eigenvalue weighted by atomic mass is 32.2. The smallest absolute Gasteiger partial charge is 0.256 e. The predicted octanol–water partition coefficient (Wildman–Crippen LogP) is 2.40. The molecule has 0 saturated carbocycles. The Morgan fingerprint density at radius 2 is 1.71 bits per heavy atom. The van der Waals surface area contributed by atoms with E-state index in [1.165, 1.54) is 0 Å². The maximum absolute atomic E-state index is 13.6. The molecule has 2 aliphatic rings. The van der Waals surface area contributed by atoms with E-state index >= 15 is 0 Å². The lowest BCUT2D eigenvalue weighted by Gasteiger charge is -2.34. The first kappa shape index (κ1) is 23.4. The minimum absolute atomic E-state index is 0.0285. The molecule has 1 saturated heterocycles. The number of hydrogen-bond acceptors (Lipinski definition) is 6. The van der Waals surface area contributed by atoms with E-state index < -0.39 is 21.7 Å². The fourth-order valence-corrected chi connectivity index (χ4v) is 5.63. The zero-order chi connectivity index (χ0) is 24.7. The molecule has 0 radical (unpaired) electrons. The number of sulfonamides is 1. The van der Waals surface area contributed by atoms with Gasteiger partial charge in [0.1, 0.15) is 0 Å². The highest BCUT2D eigenvalue weighted by Crippen LogP contribution is 2.32. The maximum atomic E-state index is 13.6. The van der Waals surface area contributed by atoms with Crippen molar-refractivity contribution in [3.63, 3.8) is 0 Å². The molecule has 9 nitrogen and oxygen atoms in total. The highest BCUT2D eigenvalue weighted by molar-refractivity contribution is 7.89. The van der Waals surface area contributed by atoms with Crippen LogP contribution in [0.2, 0.25) is 0 Å². The Morgan fingerprint density at radius 3 is 2.40 bits per heavy atom. The summed E-state index contributed by atoms with van der Waals surface area (Å²) >= 11 is 0. The first-order valence-corrected chi connectivity index (χ1v) is 12.5. The van der Waals surface area contributed by atoms with Crippen molar-refractivity contribution >= 4 is 27.4 Å². The van der Waals surface area contributed by atoms with Gasteiger partial charge in [0.25, 0.3) is 5.91 Å². The molecule has 0 unspecified atom stereocenters. The lowest BCUT2D eigenvalue weighted by Crippen LogP contribution is -2.44. The Morgan fingerprint density at radius 1 is 1.00 bits per heavy atom. The summed E-state index contributed by atoms with van der Waals surface area (Å²) in [7, 11) is -1.98. The number of aromatic nitrogens is 2. The first-order chi connectivity index (χ1) is 16.7. The molecule has 2 aliphatic heterocycles. The van der Waals surface area contributed by atoms with Crippen LogP contribution in [-0.2, 0) is 23.1 Å². The van der Waals surface area contributed by atoms with E-state index in [0.29, 0.717) is 22.9 Å². The Hall–Kier alpha value is -3.35. The number of aromatic amines is 1. The normalized spacial score (nSPS) is 16.9. The second kappa shape index (κ2) is 9.02. The van der Waals surface area contributed by atoms with Crippen LogP contribution in [0.4, 0.5) is 20.3 Å². The number of carbonyl (C=O) groups excluding carboxylic acids is 1. The molecule has 3 aromatic rings. The van der Waals surface area contributed by atoms with Crippen molar-refractivity contribution in [1.82, 2.24) is 19.4 Å². The average Bonchev–Trinajstić information content (AvgIpc) is 3.44. The number of fused-ring (bicyclic) bond motifs is 1. The number of carbonyl (C=O) groups is 1. The van der Waals surface area contributed by atoms with Gasteiger partial charge in [-0.2, -0.15) is 9.40 Å². The molecule has 2 aromatic carbocycles. The van der Waals surface area contributed by atoms with Crippen LogP contribution in [0.5, 0.6) is 0 Å². The van der Waals surface area contributed by atoms with Gasteiger partial charge in [-0.15, -0.1) is 0 Å². The Kier molecular flexibility index (Phi) is 6.03. The van der Waals surface area contributed by atoms with Gasteiger partial charge in [0.2, 0.25) is 10.0 Å². The summed E-state index contributed by atoms with van der Waals surface area (Å²) in [6, 6.07) is 9.76. The molecule has 0 spiro atoms. The van der Waals surface area contributed by atoms with Crippen molar-refractivity contribution in [3.05, 3.63) is 70.9 Å². The van der Waals surface area contributed by atoms with Gasteiger partial charge in [-0.3, -0.25) is 9.89 Å². The van der Waals surface area contributed by atoms with Crippen molar-refractivity contribution in [2.75, 3.05) is 43.4 Å². The quantitative estimate of drug-likeness (QED) is 0.556. The number of likely N-dealkylation sites (N-methyl/N-ethyl adjacent to an activating group) is 1. The molecular weight excluding hydrogens is 478 g/mol. The standard InChI is InChI=1S/C23H24F2N6O3S/c1-29-8-10-30(11-9-29)16-4-2-15(3-5-16)23(32)26-22-18-13-31(14-21(18)27-28-22)35(33,34)17-6-7-19(24)20(25)12-17/h2-7,12H,8-11,13-14H2,1H3,(H2,26,27,28,32). The molecular formula is C23H24F2N6O3S. The molecule has 1 fully saturated rings. The van der Waals surface area contributed by atoms with Crippen molar-refractivity contribution in [2.24, 2.45) is 0 Å². The summed E-state index contributed by atoms with van der Waals surface area (Å²) in [6.45, 7) is 3.71. The van der Waals surface area contributed by atoms with Crippen LogP contribution in [0.25, 0.3) is 0 Å². The monoisotopic (exact) mass is 502 g/mol. The molecule has 5 rings (SSSR count). The van der Waals surface area contributed by atoms with Gasteiger partial charge < -0.3 is 15.1 Å². The molecule has 184 valence electrons. The van der Waals surface area contributed by atoms with Gasteiger partial charge in [-0.25, -0.2) is 17.2 Å². The number of hydrogen-bond donors (Lipinski definition) is 2. The number of nitrogens with one attached hydrogen (secondary N) is 2. The summed E-state index contributed by atoms with van der Waals surface area (Å²) < 4.78 is 53.8. The third kappa shape index (κ3) is 4.51. The van der Waals surface area contributed by atoms with Gasteiger partial charge in [-0.1, -0.05) is 0 Å². The van der Waals surface area contributed by atoms with Gasteiger partial charge in [0, 0.05) is 49.5 Å². The summed E-state index contributed by atoms with van der Waals surface area (Å²) in [5.74, 6) is -2.50. The van der Waals surface area contributed by atoms with Crippen LogP contribution in [-0.4, -0.2) is 67.0 Å².